The minimum atomic E-state index is -4.71. The average Bonchev–Trinajstić information content (AvgIpc) is 3.19. The van der Waals surface area contributed by atoms with Gasteiger partial charge >= 0.3 is 12.1 Å². The molecule has 1 aromatic rings. The van der Waals surface area contributed by atoms with E-state index < -0.39 is 35.3 Å². The number of fused-ring (bicyclic) bond motifs is 1. The molecule has 0 saturated heterocycles. The molecule has 2 aliphatic rings. The third-order valence-corrected chi connectivity index (χ3v) is 4.85. The summed E-state index contributed by atoms with van der Waals surface area (Å²) >= 11 is 0. The van der Waals surface area contributed by atoms with Crippen LogP contribution in [0.2, 0.25) is 0 Å². The summed E-state index contributed by atoms with van der Waals surface area (Å²) in [4.78, 5) is 29.2. The van der Waals surface area contributed by atoms with Gasteiger partial charge in [0, 0.05) is 19.0 Å². The number of nitrogens with one attached hydrogen (secondary N) is 1. The van der Waals surface area contributed by atoms with Gasteiger partial charge < -0.3 is 14.6 Å². The van der Waals surface area contributed by atoms with E-state index in [1.165, 1.54) is 0 Å². The zero-order valence-corrected chi connectivity index (χ0v) is 15.7. The monoisotopic (exact) mass is 387 g/mol. The van der Waals surface area contributed by atoms with Crippen LogP contribution in [0.25, 0.3) is 0 Å². The number of alkyl halides is 3. The molecule has 0 aromatic carbocycles. The second kappa shape index (κ2) is 6.92. The Balaban J connectivity index is 2.07. The van der Waals surface area contributed by atoms with E-state index in [0.29, 0.717) is 12.8 Å². The number of halogens is 3. The molecule has 1 saturated carbocycles. The smallest absolute Gasteiger partial charge is 0.435 e. The summed E-state index contributed by atoms with van der Waals surface area (Å²) in [6.45, 7) is 5.02. The number of ether oxygens (including phenoxy) is 1. The van der Waals surface area contributed by atoms with Gasteiger partial charge in [0.15, 0.2) is 11.5 Å². The van der Waals surface area contributed by atoms with E-state index in [9.17, 15) is 22.8 Å². The van der Waals surface area contributed by atoms with Gasteiger partial charge in [0.1, 0.15) is 11.6 Å². The third-order valence-electron chi connectivity index (χ3n) is 4.85. The summed E-state index contributed by atoms with van der Waals surface area (Å²) in [7, 11) is 0. The predicted octanol–water partition coefficient (Wildman–Crippen LogP) is 3.26. The van der Waals surface area contributed by atoms with E-state index in [-0.39, 0.29) is 30.5 Å². The minimum Gasteiger partial charge on any atom is -0.458 e. The van der Waals surface area contributed by atoms with Crippen LogP contribution in [0.3, 0.4) is 0 Å². The fourth-order valence-corrected chi connectivity index (χ4v) is 3.72. The van der Waals surface area contributed by atoms with Crippen molar-refractivity contribution in [2.45, 2.75) is 70.8 Å². The molecule has 0 bridgehead atoms. The van der Waals surface area contributed by atoms with Gasteiger partial charge in [0.2, 0.25) is 5.78 Å². The minimum absolute atomic E-state index is 0.0838. The zero-order chi connectivity index (χ0) is 20.0. The van der Waals surface area contributed by atoms with Crippen molar-refractivity contribution in [3.05, 3.63) is 17.2 Å². The lowest BCUT2D eigenvalue weighted by Crippen LogP contribution is -2.42. The molecule has 1 aromatic heterocycles. The Kier molecular flexibility index (Phi) is 5.09. The number of hydrogen-bond donors (Lipinski definition) is 1. The maximum Gasteiger partial charge on any atom is 0.435 e. The van der Waals surface area contributed by atoms with Gasteiger partial charge in [-0.15, -0.1) is 0 Å². The molecule has 1 N–H and O–H groups in total. The van der Waals surface area contributed by atoms with Crippen molar-refractivity contribution >= 4 is 11.8 Å². The van der Waals surface area contributed by atoms with Crippen LogP contribution in [0.15, 0.2) is 0 Å². The number of hydrogen-bond acceptors (Lipinski definition) is 5. The van der Waals surface area contributed by atoms with Crippen molar-refractivity contribution in [1.29, 1.82) is 0 Å². The van der Waals surface area contributed by atoms with E-state index in [4.69, 9.17) is 4.74 Å². The van der Waals surface area contributed by atoms with Gasteiger partial charge in [0.25, 0.3) is 0 Å². The highest BCUT2D eigenvalue weighted by atomic mass is 19.4. The van der Waals surface area contributed by atoms with Crippen LogP contribution in [0.1, 0.15) is 74.5 Å². The Morgan fingerprint density at radius 1 is 1.19 bits per heavy atom. The zero-order valence-electron chi connectivity index (χ0n) is 15.7. The molecular weight excluding hydrogens is 363 g/mol. The highest BCUT2D eigenvalue weighted by molar-refractivity contribution is 5.96. The molecule has 1 atom stereocenters. The topological polar surface area (TPSA) is 73.2 Å². The Hall–Kier alpha value is -1.90. The van der Waals surface area contributed by atoms with Crippen LogP contribution in [0.4, 0.5) is 13.2 Å². The second-order valence-corrected chi connectivity index (χ2v) is 8.12. The molecule has 0 radical (unpaired) electrons. The van der Waals surface area contributed by atoms with Crippen molar-refractivity contribution in [3.63, 3.8) is 0 Å². The predicted molar refractivity (Wildman–Crippen MR) is 90.1 cm³/mol. The maximum atomic E-state index is 13.5. The Bertz CT molecular complexity index is 744. The second-order valence-electron chi connectivity index (χ2n) is 8.12. The van der Waals surface area contributed by atoms with Gasteiger partial charge in [-0.05, 0) is 33.6 Å². The van der Waals surface area contributed by atoms with Gasteiger partial charge in [-0.3, -0.25) is 4.79 Å². The van der Waals surface area contributed by atoms with E-state index >= 15 is 0 Å². The highest BCUT2D eigenvalue weighted by Crippen LogP contribution is 2.37. The molecule has 1 aliphatic heterocycles. The first kappa shape index (κ1) is 19.9. The normalized spacial score (nSPS) is 21.2. The number of nitrogens with zero attached hydrogens (tertiary/aromatic N) is 2. The van der Waals surface area contributed by atoms with Gasteiger partial charge in [0.05, 0.1) is 5.69 Å². The lowest BCUT2D eigenvalue weighted by Gasteiger charge is -2.30. The Labute approximate surface area is 155 Å². The van der Waals surface area contributed by atoms with Crippen LogP contribution >= 0.6 is 0 Å². The maximum absolute atomic E-state index is 13.5. The number of rotatable bonds is 3. The fourth-order valence-electron chi connectivity index (χ4n) is 3.72. The number of imidazole rings is 1. The summed E-state index contributed by atoms with van der Waals surface area (Å²) in [6, 6.07) is -1.06. The largest absolute Gasteiger partial charge is 0.458 e. The van der Waals surface area contributed by atoms with E-state index in [1.54, 1.807) is 20.8 Å². The number of Topliss-reactive ketones (excluding diaryl/α,β-unsaturated/α-hetero) is 1. The van der Waals surface area contributed by atoms with E-state index in [1.807, 2.05) is 0 Å². The summed E-state index contributed by atoms with van der Waals surface area (Å²) < 4.78 is 47.0. The number of carbonyl (C=O) groups excluding carboxylic acids is 2. The lowest BCUT2D eigenvalue weighted by atomic mass is 10.0. The SMILES string of the molecule is CC(C)(C)OC(=O)C1CNCc2c(C(F)(F)F)nc(C(=O)C3CCCC3)n21. The van der Waals surface area contributed by atoms with Crippen molar-refractivity contribution in [1.82, 2.24) is 14.9 Å². The fraction of sp³-hybridized carbons (Fsp3) is 0.722. The van der Waals surface area contributed by atoms with Crippen molar-refractivity contribution in [2.24, 2.45) is 5.92 Å². The summed E-state index contributed by atoms with van der Waals surface area (Å²) in [6.07, 6.45) is -1.70. The van der Waals surface area contributed by atoms with E-state index in [0.717, 1.165) is 17.4 Å². The summed E-state index contributed by atoms with van der Waals surface area (Å²) in [5.74, 6) is -1.71. The van der Waals surface area contributed by atoms with Gasteiger partial charge in [-0.25, -0.2) is 9.78 Å². The van der Waals surface area contributed by atoms with Gasteiger partial charge in [-0.2, -0.15) is 13.2 Å². The molecule has 1 fully saturated rings. The number of esters is 1. The van der Waals surface area contributed by atoms with Crippen LogP contribution in [-0.2, 0) is 22.3 Å². The van der Waals surface area contributed by atoms with Crippen LogP contribution in [-0.4, -0.2) is 33.4 Å². The van der Waals surface area contributed by atoms with Crippen molar-refractivity contribution in [2.75, 3.05) is 6.54 Å². The summed E-state index contributed by atoms with van der Waals surface area (Å²) in [5, 5.41) is 2.82. The number of carbonyl (C=O) groups is 2. The Morgan fingerprint density at radius 3 is 2.37 bits per heavy atom. The molecule has 150 valence electrons. The molecule has 3 rings (SSSR count). The first-order valence-corrected chi connectivity index (χ1v) is 9.15. The first-order chi connectivity index (χ1) is 12.5. The van der Waals surface area contributed by atoms with E-state index in [2.05, 4.69) is 10.3 Å². The molecule has 9 heteroatoms. The number of ketones is 1. The lowest BCUT2D eigenvalue weighted by molar-refractivity contribution is -0.159. The molecule has 1 unspecified atom stereocenters. The highest BCUT2D eigenvalue weighted by Gasteiger charge is 2.44. The van der Waals surface area contributed by atoms with Crippen LogP contribution in [0.5, 0.6) is 0 Å². The molecule has 6 nitrogen and oxygen atoms in total. The molecule has 1 aliphatic carbocycles. The van der Waals surface area contributed by atoms with Gasteiger partial charge in [-0.1, -0.05) is 12.8 Å². The van der Waals surface area contributed by atoms with Crippen molar-refractivity contribution in [3.8, 4) is 0 Å². The molecule has 0 amide bonds. The Morgan fingerprint density at radius 2 is 1.81 bits per heavy atom. The molecule has 0 spiro atoms. The number of aromatic nitrogens is 2. The van der Waals surface area contributed by atoms with Crippen molar-refractivity contribution < 1.29 is 27.5 Å². The third kappa shape index (κ3) is 4.02. The average molecular weight is 387 g/mol. The first-order valence-electron chi connectivity index (χ1n) is 9.15. The molecule has 27 heavy (non-hydrogen) atoms. The molecule has 2 heterocycles. The standard InChI is InChI=1S/C18H24F3N3O3/c1-17(2,3)27-16(26)12-9-22-8-11-14(18(19,20)21)23-15(24(11)12)13(25)10-6-4-5-7-10/h10,12,22H,4-9H2,1-3H3. The quantitative estimate of drug-likeness (QED) is 0.637. The van der Waals surface area contributed by atoms with Crippen LogP contribution < -0.4 is 5.32 Å². The van der Waals surface area contributed by atoms with Crippen LogP contribution in [0, 0.1) is 5.92 Å². The molecular formula is C18H24F3N3O3. The summed E-state index contributed by atoms with van der Waals surface area (Å²) in [5.41, 5.74) is -2.09.